The van der Waals surface area contributed by atoms with Gasteiger partial charge < -0.3 is 16.6 Å². The van der Waals surface area contributed by atoms with E-state index in [-0.39, 0.29) is 0 Å². The molecule has 0 bridgehead atoms. The highest BCUT2D eigenvalue weighted by atomic mass is 16.4. The molecule has 5 N–H and O–H groups in total. The van der Waals surface area contributed by atoms with Crippen LogP contribution in [0.15, 0.2) is 12.2 Å². The van der Waals surface area contributed by atoms with Crippen LogP contribution < -0.4 is 11.5 Å². The lowest BCUT2D eigenvalue weighted by Gasteiger charge is -1.99. The van der Waals surface area contributed by atoms with Crippen molar-refractivity contribution in [2.75, 3.05) is 6.54 Å². The maximum absolute atomic E-state index is 10.1. The molecule has 10 heavy (non-hydrogen) atoms. The van der Waals surface area contributed by atoms with Gasteiger partial charge in [0.25, 0.3) is 0 Å². The van der Waals surface area contributed by atoms with Crippen molar-refractivity contribution in [2.45, 2.75) is 12.5 Å². The molecule has 0 rings (SSSR count). The summed E-state index contributed by atoms with van der Waals surface area (Å²) in [5.74, 6) is -0.985. The minimum atomic E-state index is -0.985. The predicted molar refractivity (Wildman–Crippen MR) is 38.4 cm³/mol. The third-order valence-corrected chi connectivity index (χ3v) is 1.01. The molecule has 0 aromatic rings. The number of carboxylic acid groups (broad SMARTS) is 1. The second kappa shape index (κ2) is 4.96. The zero-order valence-corrected chi connectivity index (χ0v) is 5.66. The van der Waals surface area contributed by atoms with Crippen molar-refractivity contribution in [1.82, 2.24) is 0 Å². The molecule has 0 aromatic heterocycles. The lowest BCUT2D eigenvalue weighted by atomic mass is 10.2. The molecular formula is C6H12N2O2. The van der Waals surface area contributed by atoms with Crippen LogP contribution in [0.4, 0.5) is 0 Å². The van der Waals surface area contributed by atoms with Crippen LogP contribution in [0.25, 0.3) is 0 Å². The summed E-state index contributed by atoms with van der Waals surface area (Å²) < 4.78 is 0. The van der Waals surface area contributed by atoms with E-state index in [1.807, 2.05) is 0 Å². The average Bonchev–Trinajstić information content (AvgIpc) is 1.88. The molecule has 58 valence electrons. The van der Waals surface area contributed by atoms with E-state index >= 15 is 0 Å². The standard InChI is InChI=1S/C6H12N2O2/c7-4-2-1-3-5(8)6(9)10/h1-2,5H,3-4,7-8H2,(H,9,10)/b2-1-/t5-/m0/s1. The fourth-order valence-electron chi connectivity index (χ4n) is 0.440. The second-order valence-corrected chi connectivity index (χ2v) is 1.89. The molecule has 0 amide bonds. The molecule has 0 unspecified atom stereocenters. The van der Waals surface area contributed by atoms with Crippen molar-refractivity contribution < 1.29 is 9.90 Å². The predicted octanol–water partition coefficient (Wildman–Crippen LogP) is -0.697. The number of nitrogens with two attached hydrogens (primary N) is 2. The quantitative estimate of drug-likeness (QED) is 0.455. The minimum Gasteiger partial charge on any atom is -0.480 e. The Labute approximate surface area is 59.5 Å². The summed E-state index contributed by atoms with van der Waals surface area (Å²) in [6.07, 6.45) is 3.69. The van der Waals surface area contributed by atoms with Gasteiger partial charge in [0.05, 0.1) is 0 Å². The van der Waals surface area contributed by atoms with E-state index in [4.69, 9.17) is 16.6 Å². The van der Waals surface area contributed by atoms with E-state index in [1.54, 1.807) is 12.2 Å². The Hall–Kier alpha value is -0.870. The molecule has 0 aliphatic carbocycles. The highest BCUT2D eigenvalue weighted by Gasteiger charge is 2.07. The maximum atomic E-state index is 10.1. The van der Waals surface area contributed by atoms with Gasteiger partial charge in [-0.3, -0.25) is 4.79 Å². The molecular weight excluding hydrogens is 132 g/mol. The van der Waals surface area contributed by atoms with Crippen molar-refractivity contribution in [1.29, 1.82) is 0 Å². The van der Waals surface area contributed by atoms with Crippen molar-refractivity contribution in [3.63, 3.8) is 0 Å². The molecule has 0 aromatic carbocycles. The van der Waals surface area contributed by atoms with Gasteiger partial charge in [-0.05, 0) is 6.42 Å². The SMILES string of the molecule is NC/C=C\C[C@H](N)C(=O)O. The van der Waals surface area contributed by atoms with Crippen LogP contribution in [-0.4, -0.2) is 23.7 Å². The van der Waals surface area contributed by atoms with E-state index in [1.165, 1.54) is 0 Å². The molecule has 4 nitrogen and oxygen atoms in total. The summed E-state index contributed by atoms with van der Waals surface area (Å²) >= 11 is 0. The fourth-order valence-corrected chi connectivity index (χ4v) is 0.440. The van der Waals surface area contributed by atoms with E-state index in [9.17, 15) is 4.79 Å². The number of hydrogen-bond acceptors (Lipinski definition) is 3. The third-order valence-electron chi connectivity index (χ3n) is 1.01. The average molecular weight is 144 g/mol. The molecule has 0 saturated carbocycles. The van der Waals surface area contributed by atoms with Gasteiger partial charge in [-0.15, -0.1) is 0 Å². The first-order valence-electron chi connectivity index (χ1n) is 3.02. The Bertz CT molecular complexity index is 134. The number of carbonyl (C=O) groups is 1. The normalized spacial score (nSPS) is 13.8. The summed E-state index contributed by atoms with van der Waals surface area (Å²) in [6.45, 7) is 0.423. The van der Waals surface area contributed by atoms with Gasteiger partial charge in [0.1, 0.15) is 6.04 Å². The summed E-state index contributed by atoms with van der Waals surface area (Å²) in [7, 11) is 0. The number of aliphatic carboxylic acids is 1. The van der Waals surface area contributed by atoms with Gasteiger partial charge in [-0.25, -0.2) is 0 Å². The molecule has 0 aliphatic heterocycles. The van der Waals surface area contributed by atoms with Crippen LogP contribution in [0.1, 0.15) is 6.42 Å². The summed E-state index contributed by atoms with van der Waals surface area (Å²) in [4.78, 5) is 10.1. The fraction of sp³-hybridized carbons (Fsp3) is 0.500. The van der Waals surface area contributed by atoms with Gasteiger partial charge in [0.15, 0.2) is 0 Å². The van der Waals surface area contributed by atoms with Crippen molar-refractivity contribution in [2.24, 2.45) is 11.5 Å². The van der Waals surface area contributed by atoms with Crippen LogP contribution >= 0.6 is 0 Å². The van der Waals surface area contributed by atoms with Crippen molar-refractivity contribution >= 4 is 5.97 Å². The Kier molecular flexibility index (Phi) is 4.53. The van der Waals surface area contributed by atoms with Crippen molar-refractivity contribution in [3.05, 3.63) is 12.2 Å². The second-order valence-electron chi connectivity index (χ2n) is 1.89. The Morgan fingerprint density at radius 1 is 1.60 bits per heavy atom. The molecule has 0 saturated heterocycles. The zero-order chi connectivity index (χ0) is 7.98. The first kappa shape index (κ1) is 9.13. The molecule has 0 heterocycles. The van der Waals surface area contributed by atoms with Gasteiger partial charge in [0.2, 0.25) is 0 Å². The van der Waals surface area contributed by atoms with Gasteiger partial charge in [0, 0.05) is 6.54 Å². The first-order valence-corrected chi connectivity index (χ1v) is 3.02. The van der Waals surface area contributed by atoms with Gasteiger partial charge >= 0.3 is 5.97 Å². The van der Waals surface area contributed by atoms with Crippen molar-refractivity contribution in [3.8, 4) is 0 Å². The van der Waals surface area contributed by atoms with E-state index in [0.717, 1.165) is 0 Å². The minimum absolute atomic E-state index is 0.340. The summed E-state index contributed by atoms with van der Waals surface area (Å²) in [5.41, 5.74) is 10.3. The lowest BCUT2D eigenvalue weighted by molar-refractivity contribution is -0.138. The van der Waals surface area contributed by atoms with E-state index < -0.39 is 12.0 Å². The van der Waals surface area contributed by atoms with Crippen LogP contribution in [0.5, 0.6) is 0 Å². The number of hydrogen-bond donors (Lipinski definition) is 3. The third kappa shape index (κ3) is 4.05. The molecule has 1 atom stereocenters. The maximum Gasteiger partial charge on any atom is 0.320 e. The van der Waals surface area contributed by atoms with Crippen LogP contribution in [0.3, 0.4) is 0 Å². The number of carboxylic acids is 1. The van der Waals surface area contributed by atoms with Crippen LogP contribution in [-0.2, 0) is 4.79 Å². The summed E-state index contributed by atoms with van der Waals surface area (Å²) in [6, 6.07) is -0.803. The van der Waals surface area contributed by atoms with E-state index in [2.05, 4.69) is 0 Å². The first-order chi connectivity index (χ1) is 4.68. The van der Waals surface area contributed by atoms with Gasteiger partial charge in [-0.2, -0.15) is 0 Å². The smallest absolute Gasteiger partial charge is 0.320 e. The molecule has 0 spiro atoms. The lowest BCUT2D eigenvalue weighted by Crippen LogP contribution is -2.29. The largest absolute Gasteiger partial charge is 0.480 e. The van der Waals surface area contributed by atoms with Gasteiger partial charge in [-0.1, -0.05) is 12.2 Å². The van der Waals surface area contributed by atoms with Crippen LogP contribution in [0.2, 0.25) is 0 Å². The molecule has 0 fully saturated rings. The number of rotatable bonds is 4. The Morgan fingerprint density at radius 3 is 2.60 bits per heavy atom. The summed E-state index contributed by atoms with van der Waals surface area (Å²) in [5, 5.41) is 8.29. The Morgan fingerprint density at radius 2 is 2.20 bits per heavy atom. The molecule has 0 aliphatic rings. The molecule has 0 radical (unpaired) electrons. The van der Waals surface area contributed by atoms with E-state index in [0.29, 0.717) is 13.0 Å². The van der Waals surface area contributed by atoms with Crippen LogP contribution in [0, 0.1) is 0 Å². The topological polar surface area (TPSA) is 89.3 Å². The Balaban J connectivity index is 3.48. The zero-order valence-electron chi connectivity index (χ0n) is 5.66. The highest BCUT2D eigenvalue weighted by Crippen LogP contribution is 1.88. The molecule has 4 heteroatoms. The monoisotopic (exact) mass is 144 g/mol. The highest BCUT2D eigenvalue weighted by molar-refractivity contribution is 5.73.